The summed E-state index contributed by atoms with van der Waals surface area (Å²) in [4.78, 5) is 9.41. The standard InChI is InChI=1S/C39H33N2O.C13H12N.Ir/c1-25(2)30-18-13-19-31(26(3)4)38(30)41-35-21-12-11-20-34(35)40-39(41)29-22-32(27-14-7-5-8-15-27)33-24-36(42-37(33)23-29)28-16-9-6-10-17-28;1-10-3-6-12(7-4-10)13-8-5-11(2)9-14-13;/h5-22,24-26H,1-4H3;3-6,8-9H,1-2H3;/q2*-1;/i;2D3;. The van der Waals surface area contributed by atoms with Gasteiger partial charge in [0.15, 0.2) is 0 Å². The van der Waals surface area contributed by atoms with E-state index in [2.05, 4.69) is 146 Å². The first-order chi connectivity index (χ1) is 28.5. The largest absolute Gasteiger partial charge is 0.477 e. The number of pyridine rings is 1. The second kappa shape index (κ2) is 17.1. The molecular weight excluding hydrogens is 875 g/mol. The smallest absolute Gasteiger partial charge is 0.123 e. The van der Waals surface area contributed by atoms with Gasteiger partial charge in [0, 0.05) is 41.7 Å². The van der Waals surface area contributed by atoms with Gasteiger partial charge in [-0.05, 0) is 64.8 Å². The number of fused-ring (bicyclic) bond motifs is 2. The fourth-order valence-corrected chi connectivity index (χ4v) is 7.20. The molecule has 0 aliphatic carbocycles. The van der Waals surface area contributed by atoms with Gasteiger partial charge in [-0.2, -0.15) is 0 Å². The number of benzene rings is 6. The molecule has 0 spiro atoms. The van der Waals surface area contributed by atoms with Crippen molar-refractivity contribution in [3.05, 3.63) is 186 Å². The summed E-state index contributed by atoms with van der Waals surface area (Å²) in [5, 5.41) is 1.04. The summed E-state index contributed by atoms with van der Waals surface area (Å²) in [7, 11) is 0. The molecule has 0 amide bonds. The molecule has 3 heterocycles. The molecule has 0 bridgehead atoms. The Morgan fingerprint density at radius 2 is 1.35 bits per heavy atom. The maximum absolute atomic E-state index is 7.26. The van der Waals surface area contributed by atoms with Crippen molar-refractivity contribution < 1.29 is 28.6 Å². The molecule has 4 nitrogen and oxygen atoms in total. The fraction of sp³-hybridized carbons (Fsp3) is 0.154. The predicted octanol–water partition coefficient (Wildman–Crippen LogP) is 14.0. The minimum absolute atomic E-state index is 0. The molecule has 0 N–H and O–H groups in total. The van der Waals surface area contributed by atoms with Gasteiger partial charge < -0.3 is 14.0 Å². The average molecular weight is 923 g/mol. The summed E-state index contributed by atoms with van der Waals surface area (Å²) in [6, 6.07) is 56.1. The van der Waals surface area contributed by atoms with Crippen LogP contribution >= 0.6 is 0 Å². The predicted molar refractivity (Wildman–Crippen MR) is 232 cm³/mol. The Morgan fingerprint density at radius 1 is 0.684 bits per heavy atom. The molecule has 285 valence electrons. The van der Waals surface area contributed by atoms with Crippen LogP contribution in [0.15, 0.2) is 156 Å². The third-order valence-electron chi connectivity index (χ3n) is 10.1. The first-order valence-corrected chi connectivity index (χ1v) is 19.1. The molecule has 5 heteroatoms. The number of hydrogen-bond donors (Lipinski definition) is 0. The summed E-state index contributed by atoms with van der Waals surface area (Å²) in [5.74, 6) is 2.38. The molecular formula is C52H45IrN3O-2. The number of nitrogens with zero attached hydrogens (tertiary/aromatic N) is 3. The second-order valence-electron chi connectivity index (χ2n) is 14.7. The van der Waals surface area contributed by atoms with Gasteiger partial charge in [0.25, 0.3) is 0 Å². The van der Waals surface area contributed by atoms with E-state index in [0.717, 1.165) is 72.7 Å². The van der Waals surface area contributed by atoms with Crippen LogP contribution in [0.3, 0.4) is 0 Å². The van der Waals surface area contributed by atoms with E-state index in [9.17, 15) is 0 Å². The van der Waals surface area contributed by atoms with Crippen LogP contribution in [0.1, 0.15) is 65.9 Å². The van der Waals surface area contributed by atoms with E-state index in [1.54, 1.807) is 12.1 Å². The van der Waals surface area contributed by atoms with Crippen molar-refractivity contribution in [2.75, 3.05) is 0 Å². The fourth-order valence-electron chi connectivity index (χ4n) is 7.20. The maximum atomic E-state index is 7.26. The summed E-state index contributed by atoms with van der Waals surface area (Å²) in [6.45, 7) is 8.96. The van der Waals surface area contributed by atoms with Gasteiger partial charge in [0.1, 0.15) is 5.76 Å². The topological polar surface area (TPSA) is 43.9 Å². The summed E-state index contributed by atoms with van der Waals surface area (Å²) in [6.07, 6.45) is 1.40. The molecule has 57 heavy (non-hydrogen) atoms. The van der Waals surface area contributed by atoms with E-state index in [4.69, 9.17) is 13.5 Å². The van der Waals surface area contributed by atoms with E-state index in [-0.39, 0.29) is 25.7 Å². The van der Waals surface area contributed by atoms with Crippen LogP contribution in [-0.4, -0.2) is 14.5 Å². The normalized spacial score (nSPS) is 12.2. The van der Waals surface area contributed by atoms with Gasteiger partial charge in [-0.15, -0.1) is 47.0 Å². The molecule has 9 aromatic rings. The van der Waals surface area contributed by atoms with E-state index < -0.39 is 6.85 Å². The van der Waals surface area contributed by atoms with E-state index in [1.165, 1.54) is 23.0 Å². The zero-order valence-electron chi connectivity index (χ0n) is 35.7. The molecule has 1 radical (unpaired) electrons. The minimum Gasteiger partial charge on any atom is -0.477 e. The van der Waals surface area contributed by atoms with Gasteiger partial charge in [-0.3, -0.25) is 4.98 Å². The van der Waals surface area contributed by atoms with Crippen molar-refractivity contribution in [1.29, 1.82) is 0 Å². The molecule has 0 aliphatic rings. The SMILES string of the molecule is CC(C)c1cccc(C(C)C)c1-n1c(-c2[c-]c3oc(-c4ccccc4)cc3c(-c3ccccc3)c2)nc2ccccc21.[2H]C([2H])([2H])c1ccc(-c2[c-]cc(C)cc2)nc1.[Ir]. The molecule has 0 unspecified atom stereocenters. The third kappa shape index (κ3) is 8.18. The second-order valence-corrected chi connectivity index (χ2v) is 14.7. The van der Waals surface area contributed by atoms with Crippen molar-refractivity contribution in [3.63, 3.8) is 0 Å². The van der Waals surface area contributed by atoms with Crippen LogP contribution in [0.5, 0.6) is 0 Å². The number of rotatable bonds is 7. The minimum atomic E-state index is -2.09. The van der Waals surface area contributed by atoms with Crippen LogP contribution in [0.4, 0.5) is 0 Å². The number of aromatic nitrogens is 3. The van der Waals surface area contributed by atoms with Crippen molar-refractivity contribution in [3.8, 4) is 50.8 Å². The van der Waals surface area contributed by atoms with E-state index in [1.807, 2.05) is 43.3 Å². The summed E-state index contributed by atoms with van der Waals surface area (Å²) < 4.78 is 30.7. The van der Waals surface area contributed by atoms with Gasteiger partial charge in [0.2, 0.25) is 0 Å². The van der Waals surface area contributed by atoms with Crippen molar-refractivity contribution in [2.24, 2.45) is 0 Å². The van der Waals surface area contributed by atoms with Crippen LogP contribution in [0.2, 0.25) is 0 Å². The zero-order valence-corrected chi connectivity index (χ0v) is 35.1. The Hall–Kier alpha value is -5.87. The van der Waals surface area contributed by atoms with Gasteiger partial charge >= 0.3 is 0 Å². The Kier molecular flexibility index (Phi) is 10.7. The van der Waals surface area contributed by atoms with Crippen LogP contribution in [0, 0.1) is 25.9 Å². The Balaban J connectivity index is 0.000000255. The van der Waals surface area contributed by atoms with Crippen molar-refractivity contribution in [2.45, 2.75) is 53.3 Å². The molecule has 6 aromatic carbocycles. The van der Waals surface area contributed by atoms with Gasteiger partial charge in [-0.1, -0.05) is 155 Å². The summed E-state index contributed by atoms with van der Waals surface area (Å²) >= 11 is 0. The zero-order chi connectivity index (χ0) is 41.3. The van der Waals surface area contributed by atoms with Crippen molar-refractivity contribution >= 4 is 22.0 Å². The third-order valence-corrected chi connectivity index (χ3v) is 10.1. The molecule has 0 saturated carbocycles. The number of imidazole rings is 1. The number of furan rings is 1. The quantitative estimate of drug-likeness (QED) is 0.150. The van der Waals surface area contributed by atoms with Crippen LogP contribution in [0.25, 0.3) is 72.8 Å². The van der Waals surface area contributed by atoms with E-state index in [0.29, 0.717) is 11.8 Å². The monoisotopic (exact) mass is 923 g/mol. The van der Waals surface area contributed by atoms with Crippen LogP contribution < -0.4 is 0 Å². The van der Waals surface area contributed by atoms with Crippen LogP contribution in [-0.2, 0) is 20.1 Å². The Morgan fingerprint density at radius 3 is 1.98 bits per heavy atom. The molecule has 3 aromatic heterocycles. The van der Waals surface area contributed by atoms with Gasteiger partial charge in [0.05, 0.1) is 22.4 Å². The number of aryl methyl sites for hydroxylation is 2. The number of para-hydroxylation sites is 3. The average Bonchev–Trinajstić information content (AvgIpc) is 3.86. The van der Waals surface area contributed by atoms with E-state index >= 15 is 0 Å². The number of hydrogen-bond acceptors (Lipinski definition) is 3. The van der Waals surface area contributed by atoms with Gasteiger partial charge in [-0.25, -0.2) is 0 Å². The first kappa shape index (κ1) is 35.5. The molecule has 9 rings (SSSR count). The molecule has 0 atom stereocenters. The Labute approximate surface area is 353 Å². The Bertz CT molecular complexity index is 2840. The molecule has 0 fully saturated rings. The molecule has 0 aliphatic heterocycles. The van der Waals surface area contributed by atoms with Crippen molar-refractivity contribution in [1.82, 2.24) is 14.5 Å². The first-order valence-electron chi connectivity index (χ1n) is 20.6. The molecule has 0 saturated heterocycles. The summed E-state index contributed by atoms with van der Waals surface area (Å²) in [5.41, 5.74) is 13.8. The maximum Gasteiger partial charge on any atom is 0.123 e.